The van der Waals surface area contributed by atoms with Gasteiger partial charge in [0.15, 0.2) is 11.5 Å². The molecular formula is C19H19N3O8S2. The van der Waals surface area contributed by atoms with Crippen LogP contribution in [0.2, 0.25) is 0 Å². The number of carbonyl (C=O) groups is 5. The van der Waals surface area contributed by atoms with Crippen molar-refractivity contribution >= 4 is 57.9 Å². The number of nitrogens with one attached hydrogen (secondary N) is 1. The quantitative estimate of drug-likeness (QED) is 0.225. The molecule has 1 aromatic heterocycles. The Bertz CT molecular complexity index is 1020. The number of Topliss-reactive ketones (excluding diaryl/α,β-unsaturated/α-hetero) is 1. The smallest absolute Gasteiger partial charge is 0.352 e. The van der Waals surface area contributed by atoms with Gasteiger partial charge < -0.3 is 19.7 Å². The summed E-state index contributed by atoms with van der Waals surface area (Å²) >= 11 is 2.12. The number of furan rings is 1. The zero-order chi connectivity index (χ0) is 23.4. The Morgan fingerprint density at radius 2 is 2.16 bits per heavy atom. The first kappa shape index (κ1) is 23.6. The van der Waals surface area contributed by atoms with E-state index in [4.69, 9.17) is 4.42 Å². The first-order valence-electron chi connectivity index (χ1n) is 9.35. The zero-order valence-corrected chi connectivity index (χ0v) is 18.7. The average Bonchev–Trinajstić information content (AvgIpc) is 3.33. The normalized spacial score (nSPS) is 20.4. The molecule has 13 heteroatoms. The molecule has 0 unspecified atom stereocenters. The van der Waals surface area contributed by atoms with Crippen LogP contribution >= 0.6 is 23.5 Å². The molecule has 2 aliphatic rings. The maximum atomic E-state index is 12.7. The summed E-state index contributed by atoms with van der Waals surface area (Å²) in [5.41, 5.74) is -0.270. The second-order valence-electron chi connectivity index (χ2n) is 6.57. The molecule has 0 aromatic carbocycles. The maximum Gasteiger partial charge on any atom is 0.352 e. The minimum Gasteiger partial charge on any atom is -0.477 e. The predicted octanol–water partition coefficient (Wildman–Crippen LogP) is 0.873. The van der Waals surface area contributed by atoms with Crippen LogP contribution in [0.25, 0.3) is 0 Å². The van der Waals surface area contributed by atoms with Crippen molar-refractivity contribution in [1.82, 2.24) is 10.2 Å². The first-order chi connectivity index (χ1) is 15.3. The third kappa shape index (κ3) is 4.58. The van der Waals surface area contributed by atoms with E-state index in [2.05, 4.69) is 15.3 Å². The van der Waals surface area contributed by atoms with E-state index in [1.165, 1.54) is 31.2 Å². The van der Waals surface area contributed by atoms with E-state index in [9.17, 15) is 29.1 Å². The standard InChI is InChI=1S/C19H19N3O8S2/c1-3-10(23)12(21-29-2)15(24)20-13-16(25)22-14(18(26)27)9(7-31-17(13)22)8-32-19(28)11-5-4-6-30-11/h4-6,13,17H,3,7-8H2,1-2H3,(H,20,24)(H,26,27)/b21-12-/t13-,17-/m1/s1. The maximum absolute atomic E-state index is 12.7. The fourth-order valence-electron chi connectivity index (χ4n) is 3.10. The number of thioether (sulfide) groups is 2. The van der Waals surface area contributed by atoms with Crippen molar-refractivity contribution in [2.24, 2.45) is 5.16 Å². The number of aliphatic carboxylic acids is 1. The molecule has 1 aromatic rings. The third-order valence-corrected chi connectivity index (χ3v) is 6.91. The summed E-state index contributed by atoms with van der Waals surface area (Å²) in [6.45, 7) is 1.55. The third-order valence-electron chi connectivity index (χ3n) is 4.62. The number of β-lactam (4-membered cyclic amide) rings is 1. The summed E-state index contributed by atoms with van der Waals surface area (Å²) < 4.78 is 5.03. The molecule has 32 heavy (non-hydrogen) atoms. The van der Waals surface area contributed by atoms with Gasteiger partial charge in [-0.3, -0.25) is 24.1 Å². The molecule has 1 fully saturated rings. The number of hydrogen-bond acceptors (Lipinski definition) is 10. The molecule has 0 aliphatic carbocycles. The molecule has 3 heterocycles. The number of rotatable bonds is 9. The molecule has 11 nitrogen and oxygen atoms in total. The lowest BCUT2D eigenvalue weighted by atomic mass is 10.0. The minimum atomic E-state index is -1.31. The van der Waals surface area contributed by atoms with Gasteiger partial charge in [0, 0.05) is 17.9 Å². The van der Waals surface area contributed by atoms with E-state index in [0.717, 1.165) is 16.7 Å². The molecule has 1 saturated heterocycles. The van der Waals surface area contributed by atoms with Crippen LogP contribution in [0.15, 0.2) is 39.2 Å². The molecule has 3 rings (SSSR count). The lowest BCUT2D eigenvalue weighted by molar-refractivity contribution is -0.150. The Hall–Kier alpha value is -3.06. The number of carbonyl (C=O) groups excluding carboxylic acids is 4. The number of amides is 2. The lowest BCUT2D eigenvalue weighted by Gasteiger charge is -2.49. The van der Waals surface area contributed by atoms with Crippen LogP contribution in [0.1, 0.15) is 23.9 Å². The summed E-state index contributed by atoms with van der Waals surface area (Å²) in [6, 6.07) is 2.05. The molecule has 2 N–H and O–H groups in total. The van der Waals surface area contributed by atoms with Crippen LogP contribution in [0.3, 0.4) is 0 Å². The number of hydrogen-bond donors (Lipinski definition) is 2. The highest BCUT2D eigenvalue weighted by molar-refractivity contribution is 8.14. The van der Waals surface area contributed by atoms with Gasteiger partial charge in [-0.2, -0.15) is 0 Å². The van der Waals surface area contributed by atoms with Crippen LogP contribution in [0, 0.1) is 0 Å². The van der Waals surface area contributed by atoms with E-state index >= 15 is 0 Å². The van der Waals surface area contributed by atoms with Gasteiger partial charge in [-0.25, -0.2) is 4.79 Å². The van der Waals surface area contributed by atoms with Crippen molar-refractivity contribution in [2.75, 3.05) is 18.6 Å². The van der Waals surface area contributed by atoms with Crippen molar-refractivity contribution in [2.45, 2.75) is 24.8 Å². The molecule has 0 spiro atoms. The Labute approximate surface area is 190 Å². The van der Waals surface area contributed by atoms with Crippen molar-refractivity contribution in [1.29, 1.82) is 0 Å². The molecule has 2 amide bonds. The molecule has 0 bridgehead atoms. The average molecular weight is 482 g/mol. The SMILES string of the molecule is CCC(=O)/C(=N/OC)C(=O)N[C@@H]1C(=O)N2C(C(=O)O)=C(CSC(=O)c3ccco3)CS[C@H]12. The van der Waals surface area contributed by atoms with Crippen LogP contribution in [0.4, 0.5) is 0 Å². The van der Waals surface area contributed by atoms with Gasteiger partial charge in [0.05, 0.1) is 6.26 Å². The van der Waals surface area contributed by atoms with Crippen molar-refractivity contribution in [3.63, 3.8) is 0 Å². The summed E-state index contributed by atoms with van der Waals surface area (Å²) in [4.78, 5) is 66.7. The van der Waals surface area contributed by atoms with Gasteiger partial charge in [0.25, 0.3) is 16.9 Å². The fourth-order valence-corrected chi connectivity index (χ4v) is 5.38. The van der Waals surface area contributed by atoms with Crippen LogP contribution in [0.5, 0.6) is 0 Å². The first-order valence-corrected chi connectivity index (χ1v) is 11.4. The monoisotopic (exact) mass is 481 g/mol. The Balaban J connectivity index is 1.73. The van der Waals surface area contributed by atoms with Gasteiger partial charge in [-0.05, 0) is 17.7 Å². The van der Waals surface area contributed by atoms with Crippen LogP contribution < -0.4 is 5.32 Å². The summed E-state index contributed by atoms with van der Waals surface area (Å²) in [6.07, 6.45) is 1.38. The lowest BCUT2D eigenvalue weighted by Crippen LogP contribution is -2.71. The number of nitrogens with zero attached hydrogens (tertiary/aromatic N) is 2. The van der Waals surface area contributed by atoms with Crippen LogP contribution in [-0.4, -0.2) is 74.4 Å². The topological polar surface area (TPSA) is 156 Å². The second kappa shape index (κ2) is 10.0. The van der Waals surface area contributed by atoms with Gasteiger partial charge >= 0.3 is 5.97 Å². The zero-order valence-electron chi connectivity index (χ0n) is 17.0. The molecule has 0 radical (unpaired) electrons. The Kier molecular flexibility index (Phi) is 7.40. The van der Waals surface area contributed by atoms with Crippen molar-refractivity contribution < 1.29 is 38.3 Å². The number of carboxylic acid groups (broad SMARTS) is 1. The molecule has 0 saturated carbocycles. The summed E-state index contributed by atoms with van der Waals surface area (Å²) in [5.74, 6) is -2.91. The minimum absolute atomic E-state index is 0.0161. The molecular weight excluding hydrogens is 462 g/mol. The van der Waals surface area contributed by atoms with Gasteiger partial charge in [-0.1, -0.05) is 23.8 Å². The van der Waals surface area contributed by atoms with Crippen molar-refractivity contribution in [3.05, 3.63) is 35.4 Å². The highest BCUT2D eigenvalue weighted by Gasteiger charge is 2.54. The van der Waals surface area contributed by atoms with Gasteiger partial charge in [-0.15, -0.1) is 11.8 Å². The van der Waals surface area contributed by atoms with E-state index in [0.29, 0.717) is 5.57 Å². The molecule has 2 aliphatic heterocycles. The highest BCUT2D eigenvalue weighted by atomic mass is 32.2. The predicted molar refractivity (Wildman–Crippen MR) is 115 cm³/mol. The van der Waals surface area contributed by atoms with Crippen LogP contribution in [-0.2, 0) is 24.0 Å². The molecule has 2 atom stereocenters. The largest absolute Gasteiger partial charge is 0.477 e. The Morgan fingerprint density at radius 1 is 1.41 bits per heavy atom. The van der Waals surface area contributed by atoms with Crippen molar-refractivity contribution in [3.8, 4) is 0 Å². The number of ketones is 1. The number of carboxylic acids is 1. The highest BCUT2D eigenvalue weighted by Crippen LogP contribution is 2.41. The number of oxime groups is 1. The number of fused-ring (bicyclic) bond motifs is 1. The van der Waals surface area contributed by atoms with Gasteiger partial charge in [0.1, 0.15) is 24.2 Å². The van der Waals surface area contributed by atoms with E-state index in [1.54, 1.807) is 13.0 Å². The molecule has 170 valence electrons. The summed E-state index contributed by atoms with van der Waals surface area (Å²) in [5, 5.41) is 14.5. The van der Waals surface area contributed by atoms with E-state index in [1.807, 2.05) is 0 Å². The van der Waals surface area contributed by atoms with E-state index in [-0.39, 0.29) is 34.5 Å². The van der Waals surface area contributed by atoms with Gasteiger partial charge in [0.2, 0.25) is 5.71 Å². The Morgan fingerprint density at radius 3 is 2.75 bits per heavy atom. The summed E-state index contributed by atoms with van der Waals surface area (Å²) in [7, 11) is 1.18. The fraction of sp³-hybridized carbons (Fsp3) is 0.368. The second-order valence-corrected chi connectivity index (χ2v) is 8.62. The van der Waals surface area contributed by atoms with E-state index < -0.39 is 40.7 Å².